The second kappa shape index (κ2) is 5.87. The van der Waals surface area contributed by atoms with Crippen LogP contribution in [-0.2, 0) is 0 Å². The number of hydrogen-bond donors (Lipinski definition) is 3. The fraction of sp³-hybridized carbons (Fsp3) is 0.500. The fourth-order valence-corrected chi connectivity index (χ4v) is 1.74. The van der Waals surface area contributed by atoms with Crippen LogP contribution in [0.5, 0.6) is 0 Å². The Hall–Kier alpha value is -1.55. The lowest BCUT2D eigenvalue weighted by molar-refractivity contribution is 0.0941. The summed E-state index contributed by atoms with van der Waals surface area (Å²) in [6, 6.07) is 5.33. The molecule has 1 rings (SSSR count). The number of benzene rings is 1. The van der Waals surface area contributed by atoms with Gasteiger partial charge in [-0.3, -0.25) is 4.79 Å². The molecule has 1 aromatic rings. The summed E-state index contributed by atoms with van der Waals surface area (Å²) < 4.78 is 0. The minimum absolute atomic E-state index is 0.114. The highest BCUT2D eigenvalue weighted by molar-refractivity contribution is 5.96. The largest absolute Gasteiger partial charge is 0.399 e. The van der Waals surface area contributed by atoms with Crippen molar-refractivity contribution in [2.75, 3.05) is 12.3 Å². The molecule has 0 spiro atoms. The molecule has 4 heteroatoms. The number of nitrogens with one attached hydrogen (secondary N) is 1. The van der Waals surface area contributed by atoms with E-state index in [-0.39, 0.29) is 11.4 Å². The molecule has 0 saturated carbocycles. The Balaban J connectivity index is 2.74. The third-order valence-electron chi connectivity index (χ3n) is 3.52. The van der Waals surface area contributed by atoms with Crippen LogP contribution in [-0.4, -0.2) is 18.0 Å². The second-order valence-electron chi connectivity index (χ2n) is 4.83. The van der Waals surface area contributed by atoms with Gasteiger partial charge in [-0.05, 0) is 37.5 Å². The van der Waals surface area contributed by atoms with Gasteiger partial charge < -0.3 is 16.8 Å². The van der Waals surface area contributed by atoms with E-state index in [2.05, 4.69) is 5.32 Å². The van der Waals surface area contributed by atoms with Crippen molar-refractivity contribution in [3.63, 3.8) is 0 Å². The quantitative estimate of drug-likeness (QED) is 0.696. The first-order chi connectivity index (χ1) is 8.41. The summed E-state index contributed by atoms with van der Waals surface area (Å²) in [5, 5.41) is 2.89. The molecule has 0 saturated heterocycles. The maximum absolute atomic E-state index is 12.1. The van der Waals surface area contributed by atoms with Crippen LogP contribution in [0.2, 0.25) is 0 Å². The minimum atomic E-state index is -0.329. The summed E-state index contributed by atoms with van der Waals surface area (Å²) in [6.07, 6.45) is 1.67. The zero-order valence-corrected chi connectivity index (χ0v) is 11.4. The molecule has 18 heavy (non-hydrogen) atoms. The number of amides is 1. The lowest BCUT2D eigenvalue weighted by Crippen LogP contribution is -2.49. The predicted octanol–water partition coefficient (Wildman–Crippen LogP) is 1.82. The van der Waals surface area contributed by atoms with E-state index in [1.807, 2.05) is 26.8 Å². The van der Waals surface area contributed by atoms with Crippen LogP contribution < -0.4 is 16.8 Å². The average molecular weight is 249 g/mol. The molecular weight excluding hydrogens is 226 g/mol. The summed E-state index contributed by atoms with van der Waals surface area (Å²) >= 11 is 0. The summed E-state index contributed by atoms with van der Waals surface area (Å²) in [5.74, 6) is -0.114. The number of carbonyl (C=O) groups excluding carboxylic acids is 1. The Morgan fingerprint density at radius 3 is 2.50 bits per heavy atom. The Morgan fingerprint density at radius 1 is 1.33 bits per heavy atom. The van der Waals surface area contributed by atoms with Crippen LogP contribution in [0.25, 0.3) is 0 Å². The van der Waals surface area contributed by atoms with Crippen molar-refractivity contribution in [2.45, 2.75) is 39.2 Å². The van der Waals surface area contributed by atoms with Crippen LogP contribution >= 0.6 is 0 Å². The van der Waals surface area contributed by atoms with Crippen molar-refractivity contribution < 1.29 is 4.79 Å². The van der Waals surface area contributed by atoms with E-state index in [0.29, 0.717) is 17.8 Å². The molecule has 0 aliphatic carbocycles. The Labute approximate surface area is 109 Å². The van der Waals surface area contributed by atoms with Crippen LogP contribution in [0, 0.1) is 6.92 Å². The van der Waals surface area contributed by atoms with E-state index in [9.17, 15) is 4.79 Å². The third kappa shape index (κ3) is 3.47. The Morgan fingerprint density at radius 2 is 1.94 bits per heavy atom. The van der Waals surface area contributed by atoms with Crippen molar-refractivity contribution in [1.82, 2.24) is 5.32 Å². The van der Waals surface area contributed by atoms with E-state index in [1.54, 1.807) is 12.1 Å². The molecule has 0 radical (unpaired) electrons. The van der Waals surface area contributed by atoms with Gasteiger partial charge in [0.15, 0.2) is 0 Å². The molecule has 4 nitrogen and oxygen atoms in total. The van der Waals surface area contributed by atoms with Gasteiger partial charge in [0.2, 0.25) is 0 Å². The first kappa shape index (κ1) is 14.5. The van der Waals surface area contributed by atoms with Gasteiger partial charge in [-0.2, -0.15) is 0 Å². The first-order valence-corrected chi connectivity index (χ1v) is 6.35. The summed E-state index contributed by atoms with van der Waals surface area (Å²) in [6.45, 7) is 6.43. The predicted molar refractivity (Wildman–Crippen MR) is 75.4 cm³/mol. The van der Waals surface area contributed by atoms with Gasteiger partial charge in [-0.15, -0.1) is 0 Å². The number of hydrogen-bond acceptors (Lipinski definition) is 3. The van der Waals surface area contributed by atoms with E-state index in [1.165, 1.54) is 0 Å². The van der Waals surface area contributed by atoms with Crippen LogP contribution in [0.1, 0.15) is 42.6 Å². The molecule has 1 aromatic carbocycles. The van der Waals surface area contributed by atoms with Gasteiger partial charge in [-0.1, -0.05) is 19.9 Å². The highest BCUT2D eigenvalue weighted by Crippen LogP contribution is 2.14. The minimum Gasteiger partial charge on any atom is -0.399 e. The number of nitrogen functional groups attached to an aromatic ring is 1. The zero-order chi connectivity index (χ0) is 13.8. The molecule has 0 aliphatic rings. The summed E-state index contributed by atoms with van der Waals surface area (Å²) in [4.78, 5) is 12.1. The topological polar surface area (TPSA) is 81.1 Å². The number of anilines is 1. The number of rotatable bonds is 5. The monoisotopic (exact) mass is 249 g/mol. The number of carbonyl (C=O) groups is 1. The third-order valence-corrected chi connectivity index (χ3v) is 3.52. The summed E-state index contributed by atoms with van der Waals surface area (Å²) in [7, 11) is 0. The lowest BCUT2D eigenvalue weighted by Gasteiger charge is -2.27. The van der Waals surface area contributed by atoms with Gasteiger partial charge in [0, 0.05) is 23.3 Å². The second-order valence-corrected chi connectivity index (χ2v) is 4.83. The van der Waals surface area contributed by atoms with Gasteiger partial charge in [0.05, 0.1) is 0 Å². The molecule has 0 heterocycles. The smallest absolute Gasteiger partial charge is 0.251 e. The Bertz CT molecular complexity index is 425. The highest BCUT2D eigenvalue weighted by atomic mass is 16.1. The number of aryl methyl sites for hydroxylation is 1. The molecule has 0 atom stereocenters. The maximum Gasteiger partial charge on any atom is 0.251 e. The fourth-order valence-electron chi connectivity index (χ4n) is 1.74. The van der Waals surface area contributed by atoms with Gasteiger partial charge in [0.25, 0.3) is 5.91 Å². The van der Waals surface area contributed by atoms with Gasteiger partial charge in [0.1, 0.15) is 0 Å². The highest BCUT2D eigenvalue weighted by Gasteiger charge is 2.21. The van der Waals surface area contributed by atoms with Crippen molar-refractivity contribution in [3.05, 3.63) is 29.3 Å². The van der Waals surface area contributed by atoms with Crippen molar-refractivity contribution in [1.29, 1.82) is 0 Å². The SMILES string of the molecule is CCC(N)(CC)CNC(=O)c1cc(N)ccc1C. The molecule has 0 unspecified atom stereocenters. The van der Waals surface area contributed by atoms with Crippen LogP contribution in [0.4, 0.5) is 5.69 Å². The van der Waals surface area contributed by atoms with Crippen molar-refractivity contribution in [2.24, 2.45) is 5.73 Å². The van der Waals surface area contributed by atoms with E-state index in [4.69, 9.17) is 11.5 Å². The molecule has 0 bridgehead atoms. The molecule has 100 valence electrons. The average Bonchev–Trinajstić information content (AvgIpc) is 2.38. The molecule has 1 amide bonds. The van der Waals surface area contributed by atoms with Crippen molar-refractivity contribution >= 4 is 11.6 Å². The van der Waals surface area contributed by atoms with E-state index < -0.39 is 0 Å². The van der Waals surface area contributed by atoms with E-state index in [0.717, 1.165) is 18.4 Å². The normalized spacial score (nSPS) is 11.3. The first-order valence-electron chi connectivity index (χ1n) is 6.35. The van der Waals surface area contributed by atoms with Gasteiger partial charge >= 0.3 is 0 Å². The zero-order valence-electron chi connectivity index (χ0n) is 11.4. The number of nitrogens with two attached hydrogens (primary N) is 2. The standard InChI is InChI=1S/C14H23N3O/c1-4-14(16,5-2)9-17-13(18)12-8-11(15)7-6-10(12)3/h6-8H,4-5,9,15-16H2,1-3H3,(H,17,18). The molecule has 5 N–H and O–H groups in total. The van der Waals surface area contributed by atoms with Crippen molar-refractivity contribution in [3.8, 4) is 0 Å². The maximum atomic E-state index is 12.1. The lowest BCUT2D eigenvalue weighted by atomic mass is 9.94. The molecule has 0 fully saturated rings. The molecular formula is C14H23N3O. The van der Waals surface area contributed by atoms with Crippen LogP contribution in [0.3, 0.4) is 0 Å². The van der Waals surface area contributed by atoms with Gasteiger partial charge in [-0.25, -0.2) is 0 Å². The van der Waals surface area contributed by atoms with Crippen LogP contribution in [0.15, 0.2) is 18.2 Å². The molecule has 0 aliphatic heterocycles. The summed E-state index contributed by atoms with van der Waals surface area (Å²) in [5.41, 5.74) is 13.6. The molecule has 0 aromatic heterocycles. The van der Waals surface area contributed by atoms with E-state index >= 15 is 0 Å². The Kier molecular flexibility index (Phi) is 4.73.